The van der Waals surface area contributed by atoms with Gasteiger partial charge in [0.15, 0.2) is 0 Å². The average Bonchev–Trinajstić information content (AvgIpc) is 2.93. The van der Waals surface area contributed by atoms with Crippen LogP contribution in [0.25, 0.3) is 0 Å². The smallest absolute Gasteiger partial charge is 0.407 e. The second kappa shape index (κ2) is 19.9. The number of halogens is 1. The Labute approximate surface area is 273 Å². The zero-order chi connectivity index (χ0) is 34.2. The lowest BCUT2D eigenvalue weighted by Gasteiger charge is -2.29. The van der Waals surface area contributed by atoms with E-state index in [1.807, 2.05) is 66.7 Å². The molecule has 0 aromatic rings. The molecule has 252 valence electrons. The van der Waals surface area contributed by atoms with Crippen LogP contribution in [-0.4, -0.2) is 60.7 Å². The summed E-state index contributed by atoms with van der Waals surface area (Å²) >= 11 is 5.94. The molecule has 1 rings (SSSR count). The molecule has 0 unspecified atom stereocenters. The van der Waals surface area contributed by atoms with Gasteiger partial charge in [-0.05, 0) is 51.8 Å². The van der Waals surface area contributed by atoms with Crippen LogP contribution in [0.2, 0.25) is 0 Å². The number of methoxy groups -OCH3 is 1. The predicted octanol–water partition coefficient (Wildman–Crippen LogP) is 5.91. The van der Waals surface area contributed by atoms with Crippen molar-refractivity contribution in [3.8, 4) is 0 Å². The first-order valence-corrected chi connectivity index (χ1v) is 15.6. The van der Waals surface area contributed by atoms with Gasteiger partial charge in [-0.15, -0.1) is 0 Å². The third-order valence-electron chi connectivity index (χ3n) is 6.66. The average molecular weight is 650 g/mol. The van der Waals surface area contributed by atoms with Gasteiger partial charge in [0, 0.05) is 35.9 Å². The summed E-state index contributed by atoms with van der Waals surface area (Å²) in [5, 5.41) is 18.8. The minimum absolute atomic E-state index is 0.0424. The molecule has 0 saturated carbocycles. The molecule has 0 spiro atoms. The summed E-state index contributed by atoms with van der Waals surface area (Å²) in [5.74, 6) is -0.328. The van der Waals surface area contributed by atoms with Crippen molar-refractivity contribution in [1.29, 1.82) is 0 Å². The van der Waals surface area contributed by atoms with Gasteiger partial charge in [-0.2, -0.15) is 0 Å². The fourth-order valence-electron chi connectivity index (χ4n) is 4.29. The quantitative estimate of drug-likeness (QED) is 0.128. The summed E-state index contributed by atoms with van der Waals surface area (Å²) in [6.07, 6.45) is 14.5. The Kier molecular flexibility index (Phi) is 17.6. The van der Waals surface area contributed by atoms with Crippen molar-refractivity contribution in [3.05, 3.63) is 71.2 Å². The molecule has 1 heterocycles. The molecular weight excluding hydrogens is 598 g/mol. The highest BCUT2D eigenvalue weighted by Crippen LogP contribution is 2.25. The molecule has 10 nitrogen and oxygen atoms in total. The van der Waals surface area contributed by atoms with Gasteiger partial charge in [0.25, 0.3) is 0 Å². The lowest BCUT2D eigenvalue weighted by Crippen LogP contribution is -2.52. The zero-order valence-electron chi connectivity index (χ0n) is 28.1. The molecular formula is C34H52ClN3O7. The van der Waals surface area contributed by atoms with Gasteiger partial charge in [-0.3, -0.25) is 9.59 Å². The highest BCUT2D eigenvalue weighted by molar-refractivity contribution is 6.29. The molecule has 4 N–H and O–H groups in total. The number of hydrogen-bond acceptors (Lipinski definition) is 7. The topological polar surface area (TPSA) is 135 Å². The van der Waals surface area contributed by atoms with Gasteiger partial charge in [0.1, 0.15) is 17.9 Å². The van der Waals surface area contributed by atoms with Gasteiger partial charge in [-0.25, -0.2) is 4.79 Å². The van der Waals surface area contributed by atoms with E-state index in [1.54, 1.807) is 31.2 Å². The van der Waals surface area contributed by atoms with E-state index in [9.17, 15) is 19.5 Å². The van der Waals surface area contributed by atoms with Crippen molar-refractivity contribution >= 4 is 29.5 Å². The van der Waals surface area contributed by atoms with Crippen LogP contribution >= 0.6 is 11.6 Å². The molecule has 5 atom stereocenters. The third kappa shape index (κ3) is 16.5. The highest BCUT2D eigenvalue weighted by Gasteiger charge is 2.32. The van der Waals surface area contributed by atoms with E-state index >= 15 is 0 Å². The summed E-state index contributed by atoms with van der Waals surface area (Å²) < 4.78 is 16.2. The third-order valence-corrected chi connectivity index (χ3v) is 6.82. The van der Waals surface area contributed by atoms with Crippen LogP contribution in [0.3, 0.4) is 0 Å². The number of nitrogens with one attached hydrogen (secondary N) is 3. The molecule has 1 aliphatic heterocycles. The SMILES string of the molecule is COC1=CC[C@@H]([C@@H](C)/C=C(C)/C=C\C=C/C(=O)N[C@H](C(=O)N/C=C\C[C@H](C/C=C(\C)Cl)OC(=O)NC(C)C)C(C)(C)C)O[C@H]1O. The molecule has 0 saturated heterocycles. The van der Waals surface area contributed by atoms with Gasteiger partial charge < -0.3 is 35.3 Å². The van der Waals surface area contributed by atoms with Crippen LogP contribution in [0.15, 0.2) is 71.2 Å². The Hall–Kier alpha value is -3.34. The van der Waals surface area contributed by atoms with E-state index in [-0.39, 0.29) is 24.0 Å². The number of aliphatic hydroxyl groups is 1. The Morgan fingerprint density at radius 1 is 1.11 bits per heavy atom. The normalized spacial score (nSPS) is 20.2. The lowest BCUT2D eigenvalue weighted by molar-refractivity contribution is -0.150. The molecule has 0 fully saturated rings. The van der Waals surface area contributed by atoms with Crippen molar-refractivity contribution in [2.45, 2.75) is 105 Å². The molecule has 0 aromatic heterocycles. The first-order valence-electron chi connectivity index (χ1n) is 15.2. The Balaban J connectivity index is 2.73. The van der Waals surface area contributed by atoms with Crippen LogP contribution in [0.1, 0.15) is 74.7 Å². The number of alkyl carbamates (subject to hydrolysis) is 1. The van der Waals surface area contributed by atoms with E-state index in [0.29, 0.717) is 30.1 Å². The molecule has 0 aliphatic carbocycles. The summed E-state index contributed by atoms with van der Waals surface area (Å²) in [5.41, 5.74) is 0.400. The number of carbonyl (C=O) groups excluding carboxylic acids is 3. The number of ether oxygens (including phenoxy) is 3. The number of rotatable bonds is 15. The van der Waals surface area contributed by atoms with E-state index in [0.717, 1.165) is 5.57 Å². The number of hydrogen-bond donors (Lipinski definition) is 4. The van der Waals surface area contributed by atoms with Gasteiger partial charge in [0.2, 0.25) is 18.1 Å². The van der Waals surface area contributed by atoms with E-state index in [2.05, 4.69) is 16.0 Å². The predicted molar refractivity (Wildman–Crippen MR) is 178 cm³/mol. The van der Waals surface area contributed by atoms with E-state index in [1.165, 1.54) is 19.4 Å². The Morgan fingerprint density at radius 3 is 2.36 bits per heavy atom. The lowest BCUT2D eigenvalue weighted by atomic mass is 9.86. The Bertz CT molecular complexity index is 1160. The van der Waals surface area contributed by atoms with Crippen molar-refractivity contribution in [2.75, 3.05) is 7.11 Å². The first kappa shape index (κ1) is 39.7. The van der Waals surface area contributed by atoms with Crippen molar-refractivity contribution < 1.29 is 33.7 Å². The maximum absolute atomic E-state index is 13.0. The fraction of sp³-hybridized carbons (Fsp3) is 0.559. The van der Waals surface area contributed by atoms with Crippen LogP contribution in [0, 0.1) is 11.3 Å². The summed E-state index contributed by atoms with van der Waals surface area (Å²) in [6, 6.07) is -0.875. The highest BCUT2D eigenvalue weighted by atomic mass is 35.5. The van der Waals surface area contributed by atoms with Crippen LogP contribution < -0.4 is 16.0 Å². The van der Waals surface area contributed by atoms with E-state index < -0.39 is 35.9 Å². The summed E-state index contributed by atoms with van der Waals surface area (Å²) in [7, 11) is 1.50. The second-order valence-electron chi connectivity index (χ2n) is 12.4. The standard InChI is InChI=1S/C34H52ClN3O7/c1-22(2)37-33(42)44-26(17-16-25(5)35)14-12-20-36-31(40)30(34(6,7)8)38-29(39)15-11-10-13-23(3)21-24(4)27-18-19-28(43-9)32(41)45-27/h10-13,15-16,19-22,24,26-27,30,32,41H,14,17-18H2,1-9H3,(H,36,40)(H,37,42)(H,38,39)/b13-10-,15-11-,20-12-,23-21+,25-16+/t24-,26+,27-,30+,32+/m0/s1. The summed E-state index contributed by atoms with van der Waals surface area (Å²) in [6.45, 7) is 14.9. The van der Waals surface area contributed by atoms with Crippen molar-refractivity contribution in [1.82, 2.24) is 16.0 Å². The maximum atomic E-state index is 13.0. The number of allylic oxidation sites excluding steroid dienone is 5. The van der Waals surface area contributed by atoms with Gasteiger partial charge in [-0.1, -0.05) is 81.3 Å². The molecule has 0 radical (unpaired) electrons. The van der Waals surface area contributed by atoms with Crippen molar-refractivity contribution in [3.63, 3.8) is 0 Å². The fourth-order valence-corrected chi connectivity index (χ4v) is 4.38. The molecule has 0 aromatic carbocycles. The van der Waals surface area contributed by atoms with Crippen LogP contribution in [-0.2, 0) is 23.8 Å². The molecule has 0 bridgehead atoms. The molecule has 11 heteroatoms. The molecule has 1 aliphatic rings. The van der Waals surface area contributed by atoms with Crippen LogP contribution in [0.5, 0.6) is 0 Å². The van der Waals surface area contributed by atoms with Gasteiger partial charge in [0.05, 0.1) is 13.2 Å². The molecule has 45 heavy (non-hydrogen) atoms. The molecule has 3 amide bonds. The largest absolute Gasteiger partial charge is 0.496 e. The van der Waals surface area contributed by atoms with Crippen LogP contribution in [0.4, 0.5) is 4.79 Å². The number of amides is 3. The van der Waals surface area contributed by atoms with Crippen molar-refractivity contribution in [2.24, 2.45) is 11.3 Å². The zero-order valence-corrected chi connectivity index (χ0v) is 28.8. The number of carbonyl (C=O) groups is 3. The summed E-state index contributed by atoms with van der Waals surface area (Å²) in [4.78, 5) is 37.7. The Morgan fingerprint density at radius 2 is 1.78 bits per heavy atom. The van der Waals surface area contributed by atoms with Gasteiger partial charge >= 0.3 is 6.09 Å². The minimum Gasteiger partial charge on any atom is -0.496 e. The minimum atomic E-state index is -1.07. The van der Waals surface area contributed by atoms with E-state index in [4.69, 9.17) is 25.8 Å². The maximum Gasteiger partial charge on any atom is 0.407 e. The second-order valence-corrected chi connectivity index (χ2v) is 13.0. The monoisotopic (exact) mass is 649 g/mol. The number of aliphatic hydroxyl groups excluding tert-OH is 1. The first-order chi connectivity index (χ1) is 21.0.